The number of hydrogen-bond donors (Lipinski definition) is 1. The van der Waals surface area contributed by atoms with Gasteiger partial charge in [0.25, 0.3) is 5.91 Å². The van der Waals surface area contributed by atoms with Gasteiger partial charge in [-0.1, -0.05) is 71.0 Å². The van der Waals surface area contributed by atoms with Gasteiger partial charge in [0.05, 0.1) is 10.6 Å². The zero-order valence-corrected chi connectivity index (χ0v) is 17.3. The number of aromatic nitrogens is 4. The highest BCUT2D eigenvalue weighted by atomic mass is 32.1. The second-order valence-corrected chi connectivity index (χ2v) is 7.97. The van der Waals surface area contributed by atoms with Gasteiger partial charge >= 0.3 is 0 Å². The third-order valence-electron chi connectivity index (χ3n) is 4.71. The molecule has 1 unspecified atom stereocenters. The molecule has 6 nitrogen and oxygen atoms in total. The first-order valence-corrected chi connectivity index (χ1v) is 10.1. The maximum atomic E-state index is 12.7. The monoisotopic (exact) mass is 403 g/mol. The number of amides is 1. The molecule has 0 bridgehead atoms. The summed E-state index contributed by atoms with van der Waals surface area (Å²) < 4.78 is 1.52. The summed E-state index contributed by atoms with van der Waals surface area (Å²) in [5.41, 5.74) is 5.35. The molecule has 0 spiro atoms. The number of anilines is 1. The average molecular weight is 404 g/mol. The molecule has 0 fully saturated rings. The van der Waals surface area contributed by atoms with E-state index in [1.807, 2.05) is 0 Å². The van der Waals surface area contributed by atoms with Crippen molar-refractivity contribution in [2.24, 2.45) is 0 Å². The second kappa shape index (κ2) is 7.97. The van der Waals surface area contributed by atoms with Crippen molar-refractivity contribution in [1.29, 1.82) is 0 Å². The summed E-state index contributed by atoms with van der Waals surface area (Å²) >= 11 is 1.47. The topological polar surface area (TPSA) is 72.7 Å². The number of thiazole rings is 1. The molecule has 146 valence electrons. The van der Waals surface area contributed by atoms with Crippen molar-refractivity contribution in [1.82, 2.24) is 19.7 Å². The lowest BCUT2D eigenvalue weighted by Crippen LogP contribution is -2.23. The molecule has 2 aromatic carbocycles. The van der Waals surface area contributed by atoms with Crippen LogP contribution in [0.1, 0.15) is 24.1 Å². The summed E-state index contributed by atoms with van der Waals surface area (Å²) in [7, 11) is 0. The van der Waals surface area contributed by atoms with Crippen molar-refractivity contribution >= 4 is 22.4 Å². The van der Waals surface area contributed by atoms with Crippen LogP contribution < -0.4 is 5.32 Å². The number of carbonyl (C=O) groups excluding carboxylic acids is 1. The highest BCUT2D eigenvalue weighted by molar-refractivity contribution is 7.19. The van der Waals surface area contributed by atoms with E-state index in [9.17, 15) is 4.79 Å². The Kier molecular flexibility index (Phi) is 5.22. The fourth-order valence-electron chi connectivity index (χ4n) is 2.93. The standard InChI is InChI=1S/C22H21N5OS/c1-14-4-8-17(9-5-14)19-20(18-10-6-15(2)7-11-18)29-22(25-19)26-21(28)16(3)27-13-23-12-24-27/h4-13,16H,1-3H3,(H,25,26,28). The molecule has 2 heterocycles. The van der Waals surface area contributed by atoms with Crippen LogP contribution in [0.4, 0.5) is 5.13 Å². The van der Waals surface area contributed by atoms with E-state index >= 15 is 0 Å². The summed E-state index contributed by atoms with van der Waals surface area (Å²) in [6.07, 6.45) is 2.94. The van der Waals surface area contributed by atoms with Gasteiger partial charge in [0.1, 0.15) is 18.7 Å². The maximum absolute atomic E-state index is 12.7. The fraction of sp³-hybridized carbons (Fsp3) is 0.182. The number of nitrogens with zero attached hydrogens (tertiary/aromatic N) is 4. The van der Waals surface area contributed by atoms with Crippen molar-refractivity contribution < 1.29 is 4.79 Å². The second-order valence-electron chi connectivity index (χ2n) is 6.97. The van der Waals surface area contributed by atoms with Crippen molar-refractivity contribution in [2.75, 3.05) is 5.32 Å². The van der Waals surface area contributed by atoms with Gasteiger partial charge in [-0.05, 0) is 26.3 Å². The van der Waals surface area contributed by atoms with Crippen LogP contribution in [0.2, 0.25) is 0 Å². The highest BCUT2D eigenvalue weighted by Crippen LogP contribution is 2.39. The average Bonchev–Trinajstić information content (AvgIpc) is 3.39. The van der Waals surface area contributed by atoms with Crippen LogP contribution >= 0.6 is 11.3 Å². The van der Waals surface area contributed by atoms with Crippen LogP contribution in [-0.2, 0) is 4.79 Å². The summed E-state index contributed by atoms with van der Waals surface area (Å²) in [6, 6.07) is 16.1. The molecule has 4 rings (SSSR count). The Balaban J connectivity index is 1.70. The molecule has 0 aliphatic rings. The number of aryl methyl sites for hydroxylation is 2. The number of carbonyl (C=O) groups is 1. The Morgan fingerprint density at radius 1 is 1.00 bits per heavy atom. The molecule has 1 amide bonds. The first kappa shape index (κ1) is 19.0. The van der Waals surface area contributed by atoms with Gasteiger partial charge in [-0.15, -0.1) is 0 Å². The van der Waals surface area contributed by atoms with E-state index in [1.54, 1.807) is 6.92 Å². The van der Waals surface area contributed by atoms with Gasteiger partial charge in [-0.25, -0.2) is 14.6 Å². The van der Waals surface area contributed by atoms with E-state index in [0.717, 1.165) is 21.7 Å². The Morgan fingerprint density at radius 2 is 1.62 bits per heavy atom. The minimum Gasteiger partial charge on any atom is -0.300 e. The van der Waals surface area contributed by atoms with Gasteiger partial charge in [0.15, 0.2) is 5.13 Å². The third-order valence-corrected chi connectivity index (χ3v) is 5.73. The molecule has 29 heavy (non-hydrogen) atoms. The minimum atomic E-state index is -0.480. The van der Waals surface area contributed by atoms with Gasteiger partial charge < -0.3 is 5.32 Å². The predicted molar refractivity (Wildman–Crippen MR) is 116 cm³/mol. The molecule has 0 aliphatic heterocycles. The Morgan fingerprint density at radius 3 is 2.21 bits per heavy atom. The molecular formula is C22H21N5OS. The molecule has 1 atom stereocenters. The largest absolute Gasteiger partial charge is 0.300 e. The molecule has 0 saturated heterocycles. The van der Waals surface area contributed by atoms with Gasteiger partial charge in [-0.3, -0.25) is 4.79 Å². The van der Waals surface area contributed by atoms with E-state index in [1.165, 1.54) is 39.8 Å². The summed E-state index contributed by atoms with van der Waals surface area (Å²) in [5.74, 6) is -0.185. The van der Waals surface area contributed by atoms with Crippen LogP contribution in [0, 0.1) is 13.8 Å². The quantitative estimate of drug-likeness (QED) is 0.515. The Labute approximate surface area is 173 Å². The zero-order valence-electron chi connectivity index (χ0n) is 16.5. The van der Waals surface area contributed by atoms with Crippen molar-refractivity contribution in [3.8, 4) is 21.7 Å². The predicted octanol–water partition coefficient (Wildman–Crippen LogP) is 4.89. The minimum absolute atomic E-state index is 0.185. The molecule has 0 aliphatic carbocycles. The summed E-state index contributed by atoms with van der Waals surface area (Å²) in [6.45, 7) is 5.90. The summed E-state index contributed by atoms with van der Waals surface area (Å²) in [4.78, 5) is 22.3. The lowest BCUT2D eigenvalue weighted by molar-refractivity contribution is -0.119. The molecular weight excluding hydrogens is 382 g/mol. The molecule has 0 saturated carbocycles. The fourth-order valence-corrected chi connectivity index (χ4v) is 3.92. The van der Waals surface area contributed by atoms with E-state index < -0.39 is 6.04 Å². The highest BCUT2D eigenvalue weighted by Gasteiger charge is 2.20. The molecule has 7 heteroatoms. The maximum Gasteiger partial charge on any atom is 0.250 e. The van der Waals surface area contributed by atoms with Crippen molar-refractivity contribution in [3.63, 3.8) is 0 Å². The SMILES string of the molecule is Cc1ccc(-c2nc(NC(=O)C(C)n3cncn3)sc2-c2ccc(C)cc2)cc1. The molecule has 2 aromatic heterocycles. The van der Waals surface area contributed by atoms with E-state index in [0.29, 0.717) is 5.13 Å². The van der Waals surface area contributed by atoms with E-state index in [4.69, 9.17) is 4.98 Å². The first-order chi connectivity index (χ1) is 14.0. The molecule has 4 aromatic rings. The van der Waals surface area contributed by atoms with Crippen molar-refractivity contribution in [2.45, 2.75) is 26.8 Å². The molecule has 1 N–H and O–H groups in total. The van der Waals surface area contributed by atoms with Crippen LogP contribution in [0.3, 0.4) is 0 Å². The number of rotatable bonds is 5. The Bertz CT molecular complexity index is 1050. The van der Waals surface area contributed by atoms with Gasteiger partial charge in [-0.2, -0.15) is 5.10 Å². The lowest BCUT2D eigenvalue weighted by Gasteiger charge is -2.09. The first-order valence-electron chi connectivity index (χ1n) is 9.31. The van der Waals surface area contributed by atoms with Crippen molar-refractivity contribution in [3.05, 3.63) is 72.3 Å². The van der Waals surface area contributed by atoms with Crippen LogP contribution in [0.5, 0.6) is 0 Å². The smallest absolute Gasteiger partial charge is 0.250 e. The van der Waals surface area contributed by atoms with E-state index in [-0.39, 0.29) is 5.91 Å². The normalized spacial score (nSPS) is 12.0. The number of hydrogen-bond acceptors (Lipinski definition) is 5. The van der Waals surface area contributed by atoms with Crippen LogP contribution in [-0.4, -0.2) is 25.7 Å². The Hall–Kier alpha value is -3.32. The summed E-state index contributed by atoms with van der Waals surface area (Å²) in [5, 5.41) is 7.54. The number of nitrogens with one attached hydrogen (secondary N) is 1. The van der Waals surface area contributed by atoms with Gasteiger partial charge in [0, 0.05) is 5.56 Å². The third kappa shape index (κ3) is 4.09. The number of benzene rings is 2. The molecule has 0 radical (unpaired) electrons. The van der Waals surface area contributed by atoms with Crippen LogP contribution in [0.15, 0.2) is 61.2 Å². The van der Waals surface area contributed by atoms with Crippen LogP contribution in [0.25, 0.3) is 21.7 Å². The van der Waals surface area contributed by atoms with E-state index in [2.05, 4.69) is 77.8 Å². The zero-order chi connectivity index (χ0) is 20.4. The van der Waals surface area contributed by atoms with Gasteiger partial charge in [0.2, 0.25) is 0 Å². The lowest BCUT2D eigenvalue weighted by atomic mass is 10.0.